The molecule has 34 heavy (non-hydrogen) atoms. The van der Waals surface area contributed by atoms with E-state index in [1.54, 1.807) is 23.9 Å². The molecule has 0 saturated carbocycles. The summed E-state index contributed by atoms with van der Waals surface area (Å²) in [6.45, 7) is 7.00. The SMILES string of the molecule is CN(C)C(=O)c1ccc2c(ccn2-c2ccc(NC3CCN(C(=O)OC(C)(C)C)CC3)cn2)c1. The number of fused-ring (bicyclic) bond motifs is 1. The molecule has 2 aromatic heterocycles. The maximum atomic E-state index is 12.3. The first-order valence-corrected chi connectivity index (χ1v) is 11.6. The van der Waals surface area contributed by atoms with Crippen molar-refractivity contribution < 1.29 is 14.3 Å². The Morgan fingerprint density at radius 3 is 2.44 bits per heavy atom. The summed E-state index contributed by atoms with van der Waals surface area (Å²) >= 11 is 0. The lowest BCUT2D eigenvalue weighted by atomic mass is 10.1. The van der Waals surface area contributed by atoms with Gasteiger partial charge in [0.2, 0.25) is 0 Å². The average Bonchev–Trinajstić information content (AvgIpc) is 3.21. The molecule has 1 saturated heterocycles. The molecule has 2 amide bonds. The number of rotatable bonds is 4. The fourth-order valence-corrected chi connectivity index (χ4v) is 4.12. The van der Waals surface area contributed by atoms with Crippen LogP contribution in [0.25, 0.3) is 16.7 Å². The predicted octanol–water partition coefficient (Wildman–Crippen LogP) is 4.54. The highest BCUT2D eigenvalue weighted by molar-refractivity contribution is 5.98. The van der Waals surface area contributed by atoms with Crippen LogP contribution >= 0.6 is 0 Å². The van der Waals surface area contributed by atoms with Gasteiger partial charge in [-0.3, -0.25) is 4.79 Å². The highest BCUT2D eigenvalue weighted by Crippen LogP contribution is 2.23. The Bertz CT molecular complexity index is 1170. The van der Waals surface area contributed by atoms with E-state index in [2.05, 4.69) is 10.3 Å². The number of carbonyl (C=O) groups is 2. The van der Waals surface area contributed by atoms with Gasteiger partial charge in [0.15, 0.2) is 0 Å². The van der Waals surface area contributed by atoms with E-state index in [0.29, 0.717) is 18.7 Å². The number of pyridine rings is 1. The van der Waals surface area contributed by atoms with Crippen LogP contribution < -0.4 is 5.32 Å². The number of anilines is 1. The normalized spacial score (nSPS) is 14.8. The van der Waals surface area contributed by atoms with Crippen LogP contribution in [0.15, 0.2) is 48.8 Å². The average molecular weight is 464 g/mol. The summed E-state index contributed by atoms with van der Waals surface area (Å²) in [4.78, 5) is 32.5. The van der Waals surface area contributed by atoms with E-state index in [4.69, 9.17) is 4.74 Å². The summed E-state index contributed by atoms with van der Waals surface area (Å²) < 4.78 is 7.49. The predicted molar refractivity (Wildman–Crippen MR) is 134 cm³/mol. The number of benzene rings is 1. The van der Waals surface area contributed by atoms with Crippen molar-refractivity contribution in [3.8, 4) is 5.82 Å². The summed E-state index contributed by atoms with van der Waals surface area (Å²) in [7, 11) is 3.50. The van der Waals surface area contributed by atoms with E-state index < -0.39 is 5.60 Å². The zero-order valence-corrected chi connectivity index (χ0v) is 20.5. The van der Waals surface area contributed by atoms with Crippen molar-refractivity contribution in [2.24, 2.45) is 0 Å². The van der Waals surface area contributed by atoms with Gasteiger partial charge in [-0.2, -0.15) is 0 Å². The Kier molecular flexibility index (Phi) is 6.50. The molecular formula is C26H33N5O3. The number of hydrogen-bond donors (Lipinski definition) is 1. The first-order valence-electron chi connectivity index (χ1n) is 11.6. The van der Waals surface area contributed by atoms with E-state index >= 15 is 0 Å². The fraction of sp³-hybridized carbons (Fsp3) is 0.423. The van der Waals surface area contributed by atoms with Crippen molar-refractivity contribution in [3.63, 3.8) is 0 Å². The molecule has 4 rings (SSSR count). The van der Waals surface area contributed by atoms with Gasteiger partial charge >= 0.3 is 6.09 Å². The highest BCUT2D eigenvalue weighted by atomic mass is 16.6. The largest absolute Gasteiger partial charge is 0.444 e. The number of amides is 2. The third-order valence-electron chi connectivity index (χ3n) is 5.86. The molecule has 8 heteroatoms. The molecule has 1 aliphatic rings. The van der Waals surface area contributed by atoms with E-state index in [9.17, 15) is 9.59 Å². The van der Waals surface area contributed by atoms with Gasteiger partial charge in [0.25, 0.3) is 5.91 Å². The van der Waals surface area contributed by atoms with Crippen LogP contribution in [0.4, 0.5) is 10.5 Å². The summed E-state index contributed by atoms with van der Waals surface area (Å²) in [5.74, 6) is 0.798. The minimum atomic E-state index is -0.476. The second-order valence-electron chi connectivity index (χ2n) is 9.95. The molecule has 1 N–H and O–H groups in total. The molecule has 0 spiro atoms. The van der Waals surface area contributed by atoms with Gasteiger partial charge in [-0.1, -0.05) is 0 Å². The second-order valence-corrected chi connectivity index (χ2v) is 9.95. The lowest BCUT2D eigenvalue weighted by Crippen LogP contribution is -2.44. The molecular weight excluding hydrogens is 430 g/mol. The van der Waals surface area contributed by atoms with Crippen LogP contribution in [0.1, 0.15) is 44.0 Å². The van der Waals surface area contributed by atoms with Gasteiger partial charge in [-0.25, -0.2) is 9.78 Å². The first-order chi connectivity index (χ1) is 16.1. The molecule has 3 aromatic rings. The smallest absolute Gasteiger partial charge is 0.410 e. The number of hydrogen-bond acceptors (Lipinski definition) is 5. The zero-order chi connectivity index (χ0) is 24.5. The van der Waals surface area contributed by atoms with Gasteiger partial charge < -0.3 is 24.4 Å². The van der Waals surface area contributed by atoms with Crippen LogP contribution in [0, 0.1) is 0 Å². The van der Waals surface area contributed by atoms with E-state index in [0.717, 1.165) is 35.2 Å². The van der Waals surface area contributed by atoms with Crippen molar-refractivity contribution in [2.45, 2.75) is 45.3 Å². The lowest BCUT2D eigenvalue weighted by molar-refractivity contribution is 0.0210. The van der Waals surface area contributed by atoms with Crippen LogP contribution in [0.3, 0.4) is 0 Å². The van der Waals surface area contributed by atoms with Crippen molar-refractivity contribution in [1.29, 1.82) is 0 Å². The first kappa shape index (κ1) is 23.6. The van der Waals surface area contributed by atoms with E-state index in [-0.39, 0.29) is 18.0 Å². The molecule has 0 atom stereocenters. The minimum Gasteiger partial charge on any atom is -0.444 e. The summed E-state index contributed by atoms with van der Waals surface area (Å²) in [6, 6.07) is 12.0. The number of likely N-dealkylation sites (tertiary alicyclic amines) is 1. The van der Waals surface area contributed by atoms with E-state index in [1.165, 1.54) is 0 Å². The van der Waals surface area contributed by atoms with Crippen LogP contribution in [-0.4, -0.2) is 70.2 Å². The second kappa shape index (κ2) is 9.37. The van der Waals surface area contributed by atoms with Gasteiger partial charge in [0.05, 0.1) is 17.4 Å². The number of nitrogens with zero attached hydrogens (tertiary/aromatic N) is 4. The van der Waals surface area contributed by atoms with Crippen LogP contribution in [0.2, 0.25) is 0 Å². The molecule has 0 unspecified atom stereocenters. The lowest BCUT2D eigenvalue weighted by Gasteiger charge is -2.34. The van der Waals surface area contributed by atoms with Gasteiger partial charge in [-0.15, -0.1) is 0 Å². The molecule has 1 fully saturated rings. The molecule has 180 valence electrons. The fourth-order valence-electron chi connectivity index (χ4n) is 4.12. The van der Waals surface area contributed by atoms with Crippen molar-refractivity contribution in [3.05, 3.63) is 54.4 Å². The maximum absolute atomic E-state index is 12.3. The molecule has 1 aromatic carbocycles. The number of piperidine rings is 1. The van der Waals surface area contributed by atoms with Crippen LogP contribution in [-0.2, 0) is 4.74 Å². The van der Waals surface area contributed by atoms with Crippen molar-refractivity contribution in [2.75, 3.05) is 32.5 Å². The molecule has 8 nitrogen and oxygen atoms in total. The maximum Gasteiger partial charge on any atom is 0.410 e. The Morgan fingerprint density at radius 2 is 1.82 bits per heavy atom. The zero-order valence-electron chi connectivity index (χ0n) is 20.5. The molecule has 0 bridgehead atoms. The third-order valence-corrected chi connectivity index (χ3v) is 5.86. The Hall–Kier alpha value is -3.55. The van der Waals surface area contributed by atoms with Crippen molar-refractivity contribution in [1.82, 2.24) is 19.4 Å². The summed E-state index contributed by atoms with van der Waals surface area (Å²) in [5, 5.41) is 4.53. The summed E-state index contributed by atoms with van der Waals surface area (Å²) in [5.41, 5.74) is 2.14. The molecule has 0 aliphatic carbocycles. The Morgan fingerprint density at radius 1 is 1.09 bits per heavy atom. The highest BCUT2D eigenvalue weighted by Gasteiger charge is 2.26. The Labute approximate surface area is 200 Å². The van der Waals surface area contributed by atoms with Gasteiger partial charge in [0.1, 0.15) is 11.4 Å². The third kappa shape index (κ3) is 5.32. The topological polar surface area (TPSA) is 79.7 Å². The van der Waals surface area contributed by atoms with Gasteiger partial charge in [-0.05, 0) is 70.0 Å². The van der Waals surface area contributed by atoms with Crippen LogP contribution in [0.5, 0.6) is 0 Å². The quantitative estimate of drug-likeness (QED) is 0.615. The van der Waals surface area contributed by atoms with Crippen molar-refractivity contribution >= 4 is 28.6 Å². The monoisotopic (exact) mass is 463 g/mol. The molecule has 0 radical (unpaired) electrons. The molecule has 1 aliphatic heterocycles. The number of carbonyl (C=O) groups excluding carboxylic acids is 2. The number of ether oxygens (including phenoxy) is 1. The number of nitrogens with one attached hydrogen (secondary N) is 1. The number of aromatic nitrogens is 2. The standard InChI is InChI=1S/C26H33N5O3/c1-26(2,3)34-25(33)30-13-11-20(12-14-30)28-21-7-9-23(27-17-21)31-15-10-18-16-19(6-8-22(18)31)24(32)29(4)5/h6-10,15-17,20,28H,11-14H2,1-5H3. The molecule has 3 heterocycles. The Balaban J connectivity index is 1.38. The minimum absolute atomic E-state index is 0.0138. The van der Waals surface area contributed by atoms with Gasteiger partial charge in [0, 0.05) is 50.4 Å². The summed E-state index contributed by atoms with van der Waals surface area (Å²) in [6.07, 6.45) is 5.28. The van der Waals surface area contributed by atoms with E-state index in [1.807, 2.05) is 74.1 Å².